The summed E-state index contributed by atoms with van der Waals surface area (Å²) >= 11 is 7.05. The van der Waals surface area contributed by atoms with Crippen LogP contribution < -0.4 is 4.74 Å². The third-order valence-electron chi connectivity index (χ3n) is 2.67. The fourth-order valence-electron chi connectivity index (χ4n) is 1.71. The first-order valence-corrected chi connectivity index (χ1v) is 7.66. The van der Waals surface area contributed by atoms with Gasteiger partial charge in [-0.3, -0.25) is 0 Å². The summed E-state index contributed by atoms with van der Waals surface area (Å²) in [6.07, 6.45) is 0.0187. The highest BCUT2D eigenvalue weighted by atomic mass is 79.9. The molecule has 0 heterocycles. The Morgan fingerprint density at radius 3 is 2.44 bits per heavy atom. The van der Waals surface area contributed by atoms with Gasteiger partial charge in [-0.05, 0) is 46.1 Å². The second-order valence-electron chi connectivity index (χ2n) is 4.11. The highest BCUT2D eigenvalue weighted by Gasteiger charge is 2.13. The molecule has 1 nitrogen and oxygen atoms in total. The van der Waals surface area contributed by atoms with E-state index in [0.29, 0.717) is 0 Å². The minimum absolute atomic E-state index is 0.0187. The number of ether oxygens (including phenoxy) is 1. The quantitative estimate of drug-likeness (QED) is 0.667. The Morgan fingerprint density at radius 2 is 1.83 bits per heavy atom. The second-order valence-corrected chi connectivity index (χ2v) is 5.61. The third kappa shape index (κ3) is 3.36. The molecule has 0 saturated heterocycles. The Kier molecular flexibility index (Phi) is 4.84. The molecule has 0 radical (unpaired) electrons. The lowest BCUT2D eigenvalue weighted by Gasteiger charge is -2.18. The van der Waals surface area contributed by atoms with Crippen molar-refractivity contribution in [3.63, 3.8) is 0 Å². The number of aryl methyl sites for hydroxylation is 1. The predicted molar refractivity (Wildman–Crippen MR) is 82.5 cm³/mol. The molecule has 2 rings (SSSR count). The molecular weight excluding hydrogens is 356 g/mol. The molecule has 1 atom stereocenters. The highest BCUT2D eigenvalue weighted by Crippen LogP contribution is 2.30. The molecule has 18 heavy (non-hydrogen) atoms. The fourth-order valence-corrected chi connectivity index (χ4v) is 2.80. The van der Waals surface area contributed by atoms with Crippen molar-refractivity contribution in [1.82, 2.24) is 0 Å². The van der Waals surface area contributed by atoms with Crippen molar-refractivity contribution in [2.24, 2.45) is 0 Å². The van der Waals surface area contributed by atoms with Crippen molar-refractivity contribution in [3.8, 4) is 5.75 Å². The van der Waals surface area contributed by atoms with Crippen LogP contribution in [0.2, 0.25) is 0 Å². The number of halogens is 2. The average molecular weight is 370 g/mol. The maximum atomic E-state index is 6.04. The summed E-state index contributed by atoms with van der Waals surface area (Å²) in [5.41, 5.74) is 2.38. The Hall–Kier alpha value is -0.800. The topological polar surface area (TPSA) is 9.23 Å². The first-order valence-electron chi connectivity index (χ1n) is 5.74. The van der Waals surface area contributed by atoms with E-state index < -0.39 is 0 Å². The molecule has 3 heteroatoms. The van der Waals surface area contributed by atoms with E-state index in [-0.39, 0.29) is 6.10 Å². The summed E-state index contributed by atoms with van der Waals surface area (Å²) in [7, 11) is 0. The number of hydrogen-bond acceptors (Lipinski definition) is 1. The summed E-state index contributed by atoms with van der Waals surface area (Å²) < 4.78 is 7.03. The van der Waals surface area contributed by atoms with E-state index in [1.165, 1.54) is 11.1 Å². The average Bonchev–Trinajstić information content (AvgIpc) is 2.39. The van der Waals surface area contributed by atoms with Crippen LogP contribution in [0.4, 0.5) is 0 Å². The van der Waals surface area contributed by atoms with Gasteiger partial charge in [-0.15, -0.1) is 0 Å². The zero-order chi connectivity index (χ0) is 13.0. The standard InChI is InChI=1S/C15H14Br2O/c1-11-7-8-14(13(17)9-11)18-15(10-16)12-5-3-2-4-6-12/h2-9,15H,10H2,1H3. The van der Waals surface area contributed by atoms with E-state index in [9.17, 15) is 0 Å². The number of benzene rings is 2. The molecular formula is C15H14Br2O. The second kappa shape index (κ2) is 6.39. The lowest BCUT2D eigenvalue weighted by atomic mass is 10.1. The minimum Gasteiger partial charge on any atom is -0.484 e. The molecule has 0 spiro atoms. The zero-order valence-corrected chi connectivity index (χ0v) is 13.2. The molecule has 94 valence electrons. The summed E-state index contributed by atoms with van der Waals surface area (Å²) in [6, 6.07) is 16.3. The molecule has 0 fully saturated rings. The van der Waals surface area contributed by atoms with Gasteiger partial charge in [0.05, 0.1) is 4.47 Å². The van der Waals surface area contributed by atoms with Crippen LogP contribution in [-0.4, -0.2) is 5.33 Å². The SMILES string of the molecule is Cc1ccc(OC(CBr)c2ccccc2)c(Br)c1. The monoisotopic (exact) mass is 368 g/mol. The number of hydrogen-bond donors (Lipinski definition) is 0. The predicted octanol–water partition coefficient (Wildman–Crippen LogP) is 5.27. The summed E-state index contributed by atoms with van der Waals surface area (Å²) in [4.78, 5) is 0. The molecule has 1 unspecified atom stereocenters. The van der Waals surface area contributed by atoms with E-state index >= 15 is 0 Å². The van der Waals surface area contributed by atoms with Gasteiger partial charge in [-0.1, -0.05) is 52.3 Å². The van der Waals surface area contributed by atoms with Gasteiger partial charge in [0.25, 0.3) is 0 Å². The van der Waals surface area contributed by atoms with Crippen molar-refractivity contribution in [3.05, 3.63) is 64.1 Å². The molecule has 2 aromatic rings. The van der Waals surface area contributed by atoms with Gasteiger partial charge in [0.15, 0.2) is 0 Å². The Labute approximate surface area is 124 Å². The van der Waals surface area contributed by atoms with Crippen LogP contribution in [0, 0.1) is 6.92 Å². The van der Waals surface area contributed by atoms with E-state index in [1.807, 2.05) is 24.3 Å². The molecule has 0 amide bonds. The van der Waals surface area contributed by atoms with Gasteiger partial charge < -0.3 is 4.74 Å². The Balaban J connectivity index is 2.21. The summed E-state index contributed by atoms with van der Waals surface area (Å²) in [5, 5.41) is 0.761. The van der Waals surface area contributed by atoms with Crippen molar-refractivity contribution in [2.75, 3.05) is 5.33 Å². The van der Waals surface area contributed by atoms with E-state index in [4.69, 9.17) is 4.74 Å². The molecule has 0 aliphatic carbocycles. The molecule has 0 N–H and O–H groups in total. The first kappa shape index (κ1) is 13.6. The van der Waals surface area contributed by atoms with Gasteiger partial charge in [-0.2, -0.15) is 0 Å². The van der Waals surface area contributed by atoms with Gasteiger partial charge in [0, 0.05) is 5.33 Å². The molecule has 0 bridgehead atoms. The van der Waals surface area contributed by atoms with E-state index in [1.54, 1.807) is 0 Å². The molecule has 0 saturated carbocycles. The van der Waals surface area contributed by atoms with E-state index in [2.05, 4.69) is 63.0 Å². The number of alkyl halides is 1. The number of rotatable bonds is 4. The van der Waals surface area contributed by atoms with Crippen LogP contribution in [-0.2, 0) is 0 Å². The molecule has 0 aromatic heterocycles. The van der Waals surface area contributed by atoms with Gasteiger partial charge in [-0.25, -0.2) is 0 Å². The summed E-state index contributed by atoms with van der Waals surface area (Å²) in [5.74, 6) is 0.869. The van der Waals surface area contributed by atoms with Crippen molar-refractivity contribution in [1.29, 1.82) is 0 Å². The lowest BCUT2D eigenvalue weighted by Crippen LogP contribution is -2.09. The minimum atomic E-state index is 0.0187. The third-order valence-corrected chi connectivity index (χ3v) is 3.88. The highest BCUT2D eigenvalue weighted by molar-refractivity contribution is 9.10. The van der Waals surface area contributed by atoms with Crippen LogP contribution in [0.5, 0.6) is 5.75 Å². The Morgan fingerprint density at radius 1 is 1.11 bits per heavy atom. The van der Waals surface area contributed by atoms with Crippen LogP contribution in [0.25, 0.3) is 0 Å². The smallest absolute Gasteiger partial charge is 0.134 e. The molecule has 2 aromatic carbocycles. The van der Waals surface area contributed by atoms with Crippen LogP contribution in [0.1, 0.15) is 17.2 Å². The maximum absolute atomic E-state index is 6.04. The van der Waals surface area contributed by atoms with Crippen LogP contribution in [0.3, 0.4) is 0 Å². The van der Waals surface area contributed by atoms with Crippen LogP contribution >= 0.6 is 31.9 Å². The Bertz CT molecular complexity index is 511. The van der Waals surface area contributed by atoms with Crippen molar-refractivity contribution in [2.45, 2.75) is 13.0 Å². The fraction of sp³-hybridized carbons (Fsp3) is 0.200. The van der Waals surface area contributed by atoms with Crippen LogP contribution in [0.15, 0.2) is 53.0 Å². The lowest BCUT2D eigenvalue weighted by molar-refractivity contribution is 0.231. The van der Waals surface area contributed by atoms with E-state index in [0.717, 1.165) is 15.6 Å². The van der Waals surface area contributed by atoms with Crippen molar-refractivity contribution < 1.29 is 4.74 Å². The van der Waals surface area contributed by atoms with Crippen molar-refractivity contribution >= 4 is 31.9 Å². The molecule has 0 aliphatic rings. The maximum Gasteiger partial charge on any atom is 0.134 e. The largest absolute Gasteiger partial charge is 0.484 e. The normalized spacial score (nSPS) is 12.2. The first-order chi connectivity index (χ1) is 8.70. The van der Waals surface area contributed by atoms with Gasteiger partial charge in [0.2, 0.25) is 0 Å². The van der Waals surface area contributed by atoms with Gasteiger partial charge in [0.1, 0.15) is 11.9 Å². The molecule has 0 aliphatic heterocycles. The summed E-state index contributed by atoms with van der Waals surface area (Å²) in [6.45, 7) is 2.06. The van der Waals surface area contributed by atoms with Gasteiger partial charge >= 0.3 is 0 Å². The zero-order valence-electron chi connectivity index (χ0n) is 10.1.